The first-order chi connectivity index (χ1) is 6.88. The minimum atomic E-state index is -4.68. The molecule has 3 nitrogen and oxygen atoms in total. The number of carbonyl (C=O) groups excluding carboxylic acids is 1. The largest absolute Gasteiger partial charge is 0.418 e. The van der Waals surface area contributed by atoms with Crippen LogP contribution in [-0.4, -0.2) is 17.9 Å². The monoisotopic (exact) mass is 238 g/mol. The van der Waals surface area contributed by atoms with E-state index in [1.165, 1.54) is 7.05 Å². The van der Waals surface area contributed by atoms with Gasteiger partial charge in [0.2, 0.25) is 0 Å². The Hall–Kier alpha value is -1.30. The van der Waals surface area contributed by atoms with E-state index in [1.54, 1.807) is 0 Å². The number of pyridine rings is 1. The third-order valence-corrected chi connectivity index (χ3v) is 1.94. The summed E-state index contributed by atoms with van der Waals surface area (Å²) < 4.78 is 37.5. The Morgan fingerprint density at radius 3 is 2.53 bits per heavy atom. The van der Waals surface area contributed by atoms with Crippen molar-refractivity contribution in [2.24, 2.45) is 0 Å². The minimum Gasteiger partial charge on any atom is -0.355 e. The maximum atomic E-state index is 12.5. The molecule has 7 heteroatoms. The van der Waals surface area contributed by atoms with Gasteiger partial charge in [-0.25, -0.2) is 0 Å². The number of alkyl halides is 3. The van der Waals surface area contributed by atoms with Gasteiger partial charge in [-0.1, -0.05) is 11.6 Å². The van der Waals surface area contributed by atoms with Crippen LogP contribution in [0.1, 0.15) is 15.9 Å². The van der Waals surface area contributed by atoms with Crippen molar-refractivity contribution in [3.8, 4) is 0 Å². The van der Waals surface area contributed by atoms with E-state index >= 15 is 0 Å². The first-order valence-electron chi connectivity index (χ1n) is 3.80. The van der Waals surface area contributed by atoms with E-state index in [1.807, 2.05) is 0 Å². The van der Waals surface area contributed by atoms with E-state index in [2.05, 4.69) is 10.3 Å². The smallest absolute Gasteiger partial charge is 0.355 e. The molecule has 1 rings (SSSR count). The summed E-state index contributed by atoms with van der Waals surface area (Å²) in [5.41, 5.74) is -1.75. The lowest BCUT2D eigenvalue weighted by molar-refractivity contribution is -0.137. The summed E-state index contributed by atoms with van der Waals surface area (Å²) >= 11 is 5.35. The van der Waals surface area contributed by atoms with E-state index in [4.69, 9.17) is 11.6 Å². The van der Waals surface area contributed by atoms with Crippen molar-refractivity contribution in [2.75, 3.05) is 7.05 Å². The highest BCUT2D eigenvalue weighted by Gasteiger charge is 2.37. The van der Waals surface area contributed by atoms with Crippen LogP contribution in [0.2, 0.25) is 5.02 Å². The van der Waals surface area contributed by atoms with Crippen LogP contribution in [0.25, 0.3) is 0 Å². The van der Waals surface area contributed by atoms with Crippen LogP contribution < -0.4 is 5.32 Å². The summed E-state index contributed by atoms with van der Waals surface area (Å²) in [4.78, 5) is 14.6. The molecule has 0 spiro atoms. The molecule has 0 aliphatic rings. The average Bonchev–Trinajstić information content (AvgIpc) is 2.14. The summed E-state index contributed by atoms with van der Waals surface area (Å²) in [6.07, 6.45) is -3.01. The van der Waals surface area contributed by atoms with Crippen molar-refractivity contribution in [1.82, 2.24) is 10.3 Å². The number of hydrogen-bond acceptors (Lipinski definition) is 2. The van der Waals surface area contributed by atoms with Gasteiger partial charge >= 0.3 is 6.18 Å². The molecular formula is C8H6ClF3N2O. The van der Waals surface area contributed by atoms with E-state index in [0.717, 1.165) is 12.4 Å². The van der Waals surface area contributed by atoms with Crippen molar-refractivity contribution in [1.29, 1.82) is 0 Å². The zero-order chi connectivity index (χ0) is 11.6. The molecule has 1 aromatic rings. The molecule has 0 aliphatic carbocycles. The number of nitrogens with one attached hydrogen (secondary N) is 1. The lowest BCUT2D eigenvalue weighted by Gasteiger charge is -2.12. The van der Waals surface area contributed by atoms with Crippen molar-refractivity contribution in [3.05, 3.63) is 28.5 Å². The first-order valence-corrected chi connectivity index (χ1v) is 4.18. The third-order valence-electron chi connectivity index (χ3n) is 1.65. The average molecular weight is 239 g/mol. The summed E-state index contributed by atoms with van der Waals surface area (Å²) in [5.74, 6) is -0.877. The van der Waals surface area contributed by atoms with Gasteiger partial charge in [-0.05, 0) is 0 Å². The van der Waals surface area contributed by atoms with Crippen LogP contribution >= 0.6 is 11.6 Å². The van der Waals surface area contributed by atoms with Crippen molar-refractivity contribution in [2.45, 2.75) is 6.18 Å². The van der Waals surface area contributed by atoms with Crippen molar-refractivity contribution >= 4 is 17.5 Å². The van der Waals surface area contributed by atoms with Crippen LogP contribution in [0.5, 0.6) is 0 Å². The molecule has 0 radical (unpaired) electrons. The standard InChI is InChI=1S/C8H6ClF3N2O/c1-13-7(15)4-2-14-3-5(9)6(4)8(10,11)12/h2-3H,1H3,(H,13,15). The molecule has 82 valence electrons. The Morgan fingerprint density at radius 1 is 1.47 bits per heavy atom. The lowest BCUT2D eigenvalue weighted by Crippen LogP contribution is -2.23. The predicted molar refractivity (Wildman–Crippen MR) is 47.6 cm³/mol. The SMILES string of the molecule is CNC(=O)c1cncc(Cl)c1C(F)(F)F. The Morgan fingerprint density at radius 2 is 2.07 bits per heavy atom. The second kappa shape index (κ2) is 4.06. The first kappa shape index (κ1) is 11.8. The molecule has 15 heavy (non-hydrogen) atoms. The molecule has 0 aromatic carbocycles. The molecule has 0 bridgehead atoms. The number of halogens is 4. The van der Waals surface area contributed by atoms with Crippen LogP contribution in [0.4, 0.5) is 13.2 Å². The van der Waals surface area contributed by atoms with Gasteiger partial charge in [0.25, 0.3) is 5.91 Å². The topological polar surface area (TPSA) is 42.0 Å². The molecule has 1 heterocycles. The van der Waals surface area contributed by atoms with Gasteiger partial charge in [0.1, 0.15) is 0 Å². The van der Waals surface area contributed by atoms with Gasteiger partial charge in [0, 0.05) is 19.4 Å². The van der Waals surface area contributed by atoms with Gasteiger partial charge in [-0.2, -0.15) is 13.2 Å². The normalized spacial score (nSPS) is 11.3. The van der Waals surface area contributed by atoms with E-state index in [9.17, 15) is 18.0 Å². The highest BCUT2D eigenvalue weighted by atomic mass is 35.5. The zero-order valence-electron chi connectivity index (χ0n) is 7.52. The highest BCUT2D eigenvalue weighted by molar-refractivity contribution is 6.31. The fraction of sp³-hybridized carbons (Fsp3) is 0.250. The van der Waals surface area contributed by atoms with Crippen LogP contribution in [-0.2, 0) is 6.18 Å². The van der Waals surface area contributed by atoms with E-state index < -0.39 is 28.2 Å². The summed E-state index contributed by atoms with van der Waals surface area (Å²) in [5, 5.41) is 1.49. The van der Waals surface area contributed by atoms with Gasteiger partial charge in [0.15, 0.2) is 0 Å². The number of amides is 1. The number of carbonyl (C=O) groups is 1. The molecule has 0 fully saturated rings. The van der Waals surface area contributed by atoms with E-state index in [0.29, 0.717) is 0 Å². The number of hydrogen-bond donors (Lipinski definition) is 1. The fourth-order valence-corrected chi connectivity index (χ4v) is 1.30. The van der Waals surface area contributed by atoms with Gasteiger partial charge in [-0.3, -0.25) is 9.78 Å². The molecule has 1 N–H and O–H groups in total. The van der Waals surface area contributed by atoms with Crippen molar-refractivity contribution in [3.63, 3.8) is 0 Å². The van der Waals surface area contributed by atoms with Crippen LogP contribution in [0.3, 0.4) is 0 Å². The molecule has 0 unspecified atom stereocenters. The molecule has 1 amide bonds. The number of rotatable bonds is 1. The van der Waals surface area contributed by atoms with Gasteiger partial charge < -0.3 is 5.32 Å². The maximum Gasteiger partial charge on any atom is 0.418 e. The van der Waals surface area contributed by atoms with Gasteiger partial charge in [-0.15, -0.1) is 0 Å². The maximum absolute atomic E-state index is 12.5. The Bertz CT molecular complexity index is 392. The van der Waals surface area contributed by atoms with Crippen LogP contribution in [0, 0.1) is 0 Å². The summed E-state index contributed by atoms with van der Waals surface area (Å²) in [7, 11) is 1.23. The molecule has 1 aromatic heterocycles. The lowest BCUT2D eigenvalue weighted by atomic mass is 10.1. The second-order valence-corrected chi connectivity index (χ2v) is 3.03. The quantitative estimate of drug-likeness (QED) is 0.814. The molecule has 0 aliphatic heterocycles. The molecule has 0 saturated heterocycles. The number of nitrogens with zero attached hydrogens (tertiary/aromatic N) is 1. The third kappa shape index (κ3) is 2.38. The summed E-state index contributed by atoms with van der Waals surface area (Å²) in [6, 6.07) is 0. The second-order valence-electron chi connectivity index (χ2n) is 2.62. The number of aromatic nitrogens is 1. The predicted octanol–water partition coefficient (Wildman–Crippen LogP) is 2.11. The fourth-order valence-electron chi connectivity index (χ4n) is 1.03. The highest BCUT2D eigenvalue weighted by Crippen LogP contribution is 2.36. The Kier molecular flexibility index (Phi) is 3.18. The van der Waals surface area contributed by atoms with Crippen LogP contribution in [0.15, 0.2) is 12.4 Å². The van der Waals surface area contributed by atoms with Gasteiger partial charge in [0.05, 0.1) is 16.1 Å². The van der Waals surface area contributed by atoms with Crippen molar-refractivity contribution < 1.29 is 18.0 Å². The minimum absolute atomic E-state index is 0.586. The Balaban J connectivity index is 3.40. The zero-order valence-corrected chi connectivity index (χ0v) is 8.28. The molecular weight excluding hydrogens is 233 g/mol. The molecule has 0 atom stereocenters. The molecule has 0 saturated carbocycles. The Labute approximate surface area is 88.3 Å². The summed E-state index contributed by atoms with van der Waals surface area (Å²) in [6.45, 7) is 0. The van der Waals surface area contributed by atoms with E-state index in [-0.39, 0.29) is 0 Å².